The SMILES string of the molecule is COc1ccc(C)c2c1N(C(=O)c1cc(=O)[nH]c3ccc(S(=O)(=O)N4CCOCC4)cc13)CCC2. The monoisotopic (exact) mass is 497 g/mol. The number of rotatable bonds is 4. The molecule has 3 aromatic rings. The Hall–Kier alpha value is -3.21. The molecule has 35 heavy (non-hydrogen) atoms. The first kappa shape index (κ1) is 23.5. The molecular formula is C25H27N3O6S. The highest BCUT2D eigenvalue weighted by Crippen LogP contribution is 2.39. The zero-order chi connectivity index (χ0) is 24.7. The number of ether oxygens (including phenoxy) is 2. The molecule has 3 heterocycles. The molecule has 184 valence electrons. The smallest absolute Gasteiger partial charge is 0.259 e. The Morgan fingerprint density at radius 2 is 1.86 bits per heavy atom. The number of anilines is 1. The standard InChI is InChI=1S/C25H27N3O6S/c1-16-5-8-22(33-2)24-18(16)4-3-9-28(24)25(30)20-15-23(29)26-21-7-6-17(14-19(20)21)35(31,32)27-10-12-34-13-11-27/h5-8,14-15H,3-4,9-13H2,1-2H3,(H,26,29). The minimum Gasteiger partial charge on any atom is -0.495 e. The van der Waals surface area contributed by atoms with Crippen LogP contribution in [0.2, 0.25) is 0 Å². The van der Waals surface area contributed by atoms with Gasteiger partial charge in [0.25, 0.3) is 5.91 Å². The van der Waals surface area contributed by atoms with Gasteiger partial charge in [-0.25, -0.2) is 8.42 Å². The van der Waals surface area contributed by atoms with Crippen molar-refractivity contribution in [2.45, 2.75) is 24.7 Å². The lowest BCUT2D eigenvalue weighted by atomic mass is 9.95. The number of sulfonamides is 1. The Balaban J connectivity index is 1.64. The molecule has 0 spiro atoms. The van der Waals surface area contributed by atoms with E-state index in [0.717, 1.165) is 24.0 Å². The second kappa shape index (κ2) is 9.10. The fourth-order valence-corrected chi connectivity index (χ4v) is 6.31. The third kappa shape index (κ3) is 4.11. The molecule has 5 rings (SSSR count). The normalized spacial score (nSPS) is 16.8. The molecule has 1 N–H and O–H groups in total. The maximum Gasteiger partial charge on any atom is 0.259 e. The molecule has 2 aliphatic heterocycles. The highest BCUT2D eigenvalue weighted by atomic mass is 32.2. The van der Waals surface area contributed by atoms with Crippen molar-refractivity contribution >= 4 is 32.5 Å². The Bertz CT molecular complexity index is 1470. The number of aromatic nitrogens is 1. The number of amides is 1. The van der Waals surface area contributed by atoms with Crippen LogP contribution < -0.4 is 15.2 Å². The van der Waals surface area contributed by atoms with Crippen LogP contribution >= 0.6 is 0 Å². The molecule has 0 atom stereocenters. The maximum atomic E-state index is 13.9. The largest absolute Gasteiger partial charge is 0.495 e. The molecule has 0 aliphatic carbocycles. The van der Waals surface area contributed by atoms with E-state index < -0.39 is 15.6 Å². The Labute approximate surface area is 203 Å². The minimum absolute atomic E-state index is 0.0699. The lowest BCUT2D eigenvalue weighted by molar-refractivity contribution is 0.0730. The van der Waals surface area contributed by atoms with Gasteiger partial charge in [-0.05, 0) is 55.2 Å². The number of pyridine rings is 1. The van der Waals surface area contributed by atoms with Crippen LogP contribution in [0.25, 0.3) is 10.9 Å². The summed E-state index contributed by atoms with van der Waals surface area (Å²) in [4.78, 5) is 30.8. The average Bonchev–Trinajstić information content (AvgIpc) is 2.88. The van der Waals surface area contributed by atoms with E-state index in [9.17, 15) is 18.0 Å². The number of nitrogens with zero attached hydrogens (tertiary/aromatic N) is 2. The predicted molar refractivity (Wildman–Crippen MR) is 132 cm³/mol. The van der Waals surface area contributed by atoms with Crippen LogP contribution in [0.4, 0.5) is 5.69 Å². The molecule has 9 nitrogen and oxygen atoms in total. The third-order valence-electron chi connectivity index (χ3n) is 6.68. The number of morpholine rings is 1. The third-order valence-corrected chi connectivity index (χ3v) is 8.57. The van der Waals surface area contributed by atoms with Crippen LogP contribution in [0.5, 0.6) is 5.75 Å². The zero-order valence-corrected chi connectivity index (χ0v) is 20.5. The molecule has 2 aromatic carbocycles. The number of hydrogen-bond donors (Lipinski definition) is 1. The Morgan fingerprint density at radius 3 is 2.60 bits per heavy atom. The Kier molecular flexibility index (Phi) is 6.12. The van der Waals surface area contributed by atoms with E-state index in [2.05, 4.69) is 4.98 Å². The van der Waals surface area contributed by atoms with Crippen molar-refractivity contribution in [2.75, 3.05) is 44.9 Å². The van der Waals surface area contributed by atoms with Gasteiger partial charge in [0.15, 0.2) is 0 Å². The average molecular weight is 498 g/mol. The van der Waals surface area contributed by atoms with Crippen molar-refractivity contribution in [3.63, 3.8) is 0 Å². The summed E-state index contributed by atoms with van der Waals surface area (Å²) in [6, 6.07) is 9.52. The molecule has 0 unspecified atom stereocenters. The number of benzene rings is 2. The van der Waals surface area contributed by atoms with Crippen molar-refractivity contribution in [3.8, 4) is 5.75 Å². The van der Waals surface area contributed by atoms with Crippen LogP contribution in [-0.4, -0.2) is 63.6 Å². The summed E-state index contributed by atoms with van der Waals surface area (Å²) in [7, 11) is -2.22. The van der Waals surface area contributed by atoms with Crippen molar-refractivity contribution in [2.24, 2.45) is 0 Å². The van der Waals surface area contributed by atoms with Crippen LogP contribution in [0.3, 0.4) is 0 Å². The molecule has 0 bridgehead atoms. The van der Waals surface area contributed by atoms with Gasteiger partial charge in [0.2, 0.25) is 15.6 Å². The molecule has 0 radical (unpaired) electrons. The molecule has 1 saturated heterocycles. The summed E-state index contributed by atoms with van der Waals surface area (Å²) in [5.74, 6) is 0.218. The number of fused-ring (bicyclic) bond motifs is 2. The topological polar surface area (TPSA) is 109 Å². The fraction of sp³-hybridized carbons (Fsp3) is 0.360. The van der Waals surface area contributed by atoms with Gasteiger partial charge in [0, 0.05) is 36.6 Å². The van der Waals surface area contributed by atoms with Crippen molar-refractivity contribution in [1.82, 2.24) is 9.29 Å². The molecular weight excluding hydrogens is 470 g/mol. The lowest BCUT2D eigenvalue weighted by Gasteiger charge is -2.32. The molecule has 1 fully saturated rings. The number of hydrogen-bond acceptors (Lipinski definition) is 6. The summed E-state index contributed by atoms with van der Waals surface area (Å²) >= 11 is 0. The van der Waals surface area contributed by atoms with Crippen molar-refractivity contribution in [1.29, 1.82) is 0 Å². The van der Waals surface area contributed by atoms with Gasteiger partial charge in [-0.3, -0.25) is 9.59 Å². The molecule has 1 aromatic heterocycles. The fourth-order valence-electron chi connectivity index (χ4n) is 4.87. The number of H-pyrrole nitrogens is 1. The van der Waals surface area contributed by atoms with E-state index in [1.165, 1.54) is 28.6 Å². The van der Waals surface area contributed by atoms with E-state index >= 15 is 0 Å². The van der Waals surface area contributed by atoms with Crippen LogP contribution in [-0.2, 0) is 21.2 Å². The summed E-state index contributed by atoms with van der Waals surface area (Å²) in [5, 5.41) is 0.377. The zero-order valence-electron chi connectivity index (χ0n) is 19.7. The van der Waals surface area contributed by atoms with Gasteiger partial charge in [0.1, 0.15) is 5.75 Å². The van der Waals surface area contributed by atoms with Gasteiger partial charge in [-0.1, -0.05) is 6.07 Å². The van der Waals surface area contributed by atoms with E-state index in [1.807, 2.05) is 19.1 Å². The number of carbonyl (C=O) groups is 1. The lowest BCUT2D eigenvalue weighted by Crippen LogP contribution is -2.40. The van der Waals surface area contributed by atoms with Gasteiger partial charge >= 0.3 is 0 Å². The van der Waals surface area contributed by atoms with Gasteiger partial charge < -0.3 is 19.4 Å². The van der Waals surface area contributed by atoms with Crippen molar-refractivity contribution in [3.05, 3.63) is 63.4 Å². The van der Waals surface area contributed by atoms with E-state index in [4.69, 9.17) is 9.47 Å². The second-order valence-corrected chi connectivity index (χ2v) is 10.7. The van der Waals surface area contributed by atoms with Crippen molar-refractivity contribution < 1.29 is 22.7 Å². The number of aryl methyl sites for hydroxylation is 1. The molecule has 0 saturated carbocycles. The minimum atomic E-state index is -3.78. The summed E-state index contributed by atoms with van der Waals surface area (Å²) in [6.45, 7) is 3.66. The Morgan fingerprint density at radius 1 is 1.09 bits per heavy atom. The predicted octanol–water partition coefficient (Wildman–Crippen LogP) is 2.46. The second-order valence-electron chi connectivity index (χ2n) is 8.74. The van der Waals surface area contributed by atoms with Crippen LogP contribution in [0, 0.1) is 6.92 Å². The van der Waals surface area contributed by atoms with E-state index in [-0.39, 0.29) is 29.5 Å². The highest BCUT2D eigenvalue weighted by Gasteiger charge is 2.31. The van der Waals surface area contributed by atoms with Gasteiger partial charge in [0.05, 0.1) is 36.5 Å². The van der Waals surface area contributed by atoms with E-state index in [0.29, 0.717) is 42.1 Å². The number of methoxy groups -OCH3 is 1. The summed E-state index contributed by atoms with van der Waals surface area (Å²) in [5.41, 5.74) is 2.92. The van der Waals surface area contributed by atoms with Gasteiger partial charge in [-0.15, -0.1) is 0 Å². The number of nitrogens with one attached hydrogen (secondary N) is 1. The first-order chi connectivity index (χ1) is 16.8. The van der Waals surface area contributed by atoms with E-state index in [1.54, 1.807) is 12.0 Å². The number of aromatic amines is 1. The quantitative estimate of drug-likeness (QED) is 0.593. The number of carbonyl (C=O) groups excluding carboxylic acids is 1. The summed E-state index contributed by atoms with van der Waals surface area (Å²) < 4.78 is 38.7. The first-order valence-electron chi connectivity index (χ1n) is 11.5. The van der Waals surface area contributed by atoms with Crippen LogP contribution in [0.15, 0.2) is 46.1 Å². The first-order valence-corrected chi connectivity index (χ1v) is 13.0. The van der Waals surface area contributed by atoms with Gasteiger partial charge in [-0.2, -0.15) is 4.31 Å². The van der Waals surface area contributed by atoms with Crippen LogP contribution in [0.1, 0.15) is 27.9 Å². The summed E-state index contributed by atoms with van der Waals surface area (Å²) in [6.07, 6.45) is 1.59. The highest BCUT2D eigenvalue weighted by molar-refractivity contribution is 7.89. The maximum absolute atomic E-state index is 13.9. The molecule has 2 aliphatic rings. The molecule has 1 amide bonds. The molecule has 10 heteroatoms.